The van der Waals surface area contributed by atoms with Crippen LogP contribution in [0.15, 0.2) is 0 Å². The highest BCUT2D eigenvalue weighted by Crippen LogP contribution is 2.31. The molecule has 0 radical (unpaired) electrons. The molecule has 2 N–H and O–H groups in total. The van der Waals surface area contributed by atoms with Crippen LogP contribution in [0.25, 0.3) is 0 Å². The van der Waals surface area contributed by atoms with Gasteiger partial charge in [0, 0.05) is 0 Å². The average molecular weight is 141 g/mol. The number of hydrogen-bond acceptors (Lipinski definition) is 1. The van der Waals surface area contributed by atoms with Gasteiger partial charge in [0.25, 0.3) is 0 Å². The molecule has 1 aliphatic carbocycles. The van der Waals surface area contributed by atoms with E-state index in [2.05, 4.69) is 6.92 Å². The molecule has 0 aromatic carbocycles. The molecule has 0 saturated heterocycles. The van der Waals surface area contributed by atoms with E-state index in [0.29, 0.717) is 0 Å². The van der Waals surface area contributed by atoms with Crippen LogP contribution in [-0.4, -0.2) is 6.54 Å². The van der Waals surface area contributed by atoms with Gasteiger partial charge in [0.15, 0.2) is 0 Å². The van der Waals surface area contributed by atoms with E-state index < -0.39 is 0 Å². The molecule has 0 aliphatic heterocycles. The molecular formula is C9H19N. The third-order valence-electron chi connectivity index (χ3n) is 2.83. The molecule has 0 amide bonds. The quantitative estimate of drug-likeness (QED) is 0.626. The molecule has 0 aromatic rings. The topological polar surface area (TPSA) is 26.0 Å². The van der Waals surface area contributed by atoms with Crippen LogP contribution in [0.4, 0.5) is 0 Å². The highest BCUT2D eigenvalue weighted by atomic mass is 14.5. The molecule has 0 unspecified atom stereocenters. The maximum atomic E-state index is 5.52. The van der Waals surface area contributed by atoms with Crippen molar-refractivity contribution in [2.75, 3.05) is 6.54 Å². The van der Waals surface area contributed by atoms with Gasteiger partial charge in [0.05, 0.1) is 0 Å². The van der Waals surface area contributed by atoms with Gasteiger partial charge in [-0.2, -0.15) is 0 Å². The van der Waals surface area contributed by atoms with Crippen molar-refractivity contribution in [2.45, 2.75) is 39.0 Å². The third-order valence-corrected chi connectivity index (χ3v) is 2.83. The van der Waals surface area contributed by atoms with E-state index in [9.17, 15) is 0 Å². The summed E-state index contributed by atoms with van der Waals surface area (Å²) in [4.78, 5) is 0. The van der Waals surface area contributed by atoms with E-state index >= 15 is 0 Å². The lowest BCUT2D eigenvalue weighted by molar-refractivity contribution is 0.245. The smallest absolute Gasteiger partial charge is 0.00745 e. The van der Waals surface area contributed by atoms with Gasteiger partial charge in [0.1, 0.15) is 0 Å². The summed E-state index contributed by atoms with van der Waals surface area (Å²) in [6.07, 6.45) is 7.00. The second-order valence-corrected chi connectivity index (χ2v) is 3.60. The van der Waals surface area contributed by atoms with Crippen LogP contribution in [-0.2, 0) is 0 Å². The molecule has 0 aromatic heterocycles. The lowest BCUT2D eigenvalue weighted by atomic mass is 9.79. The zero-order valence-electron chi connectivity index (χ0n) is 6.97. The molecule has 0 spiro atoms. The van der Waals surface area contributed by atoms with Crippen LogP contribution >= 0.6 is 0 Å². The van der Waals surface area contributed by atoms with Gasteiger partial charge in [-0.15, -0.1) is 0 Å². The summed E-state index contributed by atoms with van der Waals surface area (Å²) in [5.74, 6) is 1.89. The first-order valence-corrected chi connectivity index (χ1v) is 4.54. The second kappa shape index (κ2) is 3.97. The fraction of sp³-hybridized carbons (Fsp3) is 1.00. The maximum absolute atomic E-state index is 5.52. The van der Waals surface area contributed by atoms with Crippen molar-refractivity contribution in [1.29, 1.82) is 0 Å². The molecule has 1 nitrogen and oxygen atoms in total. The molecule has 1 rings (SSSR count). The zero-order valence-corrected chi connectivity index (χ0v) is 6.97. The highest BCUT2D eigenvalue weighted by molar-refractivity contribution is 4.72. The summed E-state index contributed by atoms with van der Waals surface area (Å²) in [7, 11) is 0. The molecule has 2 atom stereocenters. The molecule has 60 valence electrons. The monoisotopic (exact) mass is 141 g/mol. The molecule has 0 heterocycles. The predicted octanol–water partition coefficient (Wildman–Crippen LogP) is 2.16. The van der Waals surface area contributed by atoms with Crippen molar-refractivity contribution in [2.24, 2.45) is 17.6 Å². The van der Waals surface area contributed by atoms with Crippen molar-refractivity contribution in [3.8, 4) is 0 Å². The standard InChI is InChI=1S/C9H19N/c1-8-4-2-3-5-9(8)6-7-10/h8-9H,2-7,10H2,1H3/t8-,9-/m1/s1. The van der Waals surface area contributed by atoms with Crippen molar-refractivity contribution in [3.05, 3.63) is 0 Å². The Bertz CT molecular complexity index is 88.7. The summed E-state index contributed by atoms with van der Waals surface area (Å²) < 4.78 is 0. The van der Waals surface area contributed by atoms with Crippen molar-refractivity contribution in [3.63, 3.8) is 0 Å². The van der Waals surface area contributed by atoms with Gasteiger partial charge in [-0.25, -0.2) is 0 Å². The van der Waals surface area contributed by atoms with Crippen LogP contribution in [0.2, 0.25) is 0 Å². The normalized spacial score (nSPS) is 34.2. The van der Waals surface area contributed by atoms with E-state index in [1.165, 1.54) is 32.1 Å². The van der Waals surface area contributed by atoms with Gasteiger partial charge >= 0.3 is 0 Å². The van der Waals surface area contributed by atoms with E-state index in [-0.39, 0.29) is 0 Å². The molecular weight excluding hydrogens is 122 g/mol. The van der Waals surface area contributed by atoms with Crippen LogP contribution < -0.4 is 5.73 Å². The predicted molar refractivity (Wildman–Crippen MR) is 44.8 cm³/mol. The second-order valence-electron chi connectivity index (χ2n) is 3.60. The fourth-order valence-electron chi connectivity index (χ4n) is 2.04. The Morgan fingerprint density at radius 1 is 1.30 bits per heavy atom. The van der Waals surface area contributed by atoms with Gasteiger partial charge in [-0.05, 0) is 24.8 Å². The fourth-order valence-corrected chi connectivity index (χ4v) is 2.04. The van der Waals surface area contributed by atoms with Crippen LogP contribution in [0.3, 0.4) is 0 Å². The number of nitrogens with two attached hydrogens (primary N) is 1. The summed E-state index contributed by atoms with van der Waals surface area (Å²) in [5.41, 5.74) is 5.52. The van der Waals surface area contributed by atoms with E-state index in [4.69, 9.17) is 5.73 Å². The lowest BCUT2D eigenvalue weighted by Gasteiger charge is -2.28. The molecule has 1 saturated carbocycles. The van der Waals surface area contributed by atoms with Gasteiger partial charge in [0.2, 0.25) is 0 Å². The largest absolute Gasteiger partial charge is 0.330 e. The molecule has 1 fully saturated rings. The first-order valence-electron chi connectivity index (χ1n) is 4.54. The minimum atomic E-state index is 0.884. The Kier molecular flexibility index (Phi) is 3.20. The summed E-state index contributed by atoms with van der Waals surface area (Å²) in [6, 6.07) is 0. The Morgan fingerprint density at radius 3 is 2.60 bits per heavy atom. The van der Waals surface area contributed by atoms with Gasteiger partial charge in [-0.3, -0.25) is 0 Å². The van der Waals surface area contributed by atoms with E-state index in [1.54, 1.807) is 0 Å². The Morgan fingerprint density at radius 2 is 2.00 bits per heavy atom. The van der Waals surface area contributed by atoms with Crippen LogP contribution in [0, 0.1) is 11.8 Å². The minimum Gasteiger partial charge on any atom is -0.330 e. The van der Waals surface area contributed by atoms with E-state index in [0.717, 1.165) is 18.4 Å². The van der Waals surface area contributed by atoms with Crippen LogP contribution in [0.1, 0.15) is 39.0 Å². The maximum Gasteiger partial charge on any atom is -0.00745 e. The van der Waals surface area contributed by atoms with Crippen molar-refractivity contribution >= 4 is 0 Å². The summed E-state index contributed by atoms with van der Waals surface area (Å²) >= 11 is 0. The first-order chi connectivity index (χ1) is 4.84. The van der Waals surface area contributed by atoms with Crippen LogP contribution in [0.5, 0.6) is 0 Å². The number of hydrogen-bond donors (Lipinski definition) is 1. The van der Waals surface area contributed by atoms with Gasteiger partial charge < -0.3 is 5.73 Å². The molecule has 0 bridgehead atoms. The summed E-state index contributed by atoms with van der Waals surface area (Å²) in [5, 5.41) is 0. The van der Waals surface area contributed by atoms with Crippen molar-refractivity contribution < 1.29 is 0 Å². The molecule has 10 heavy (non-hydrogen) atoms. The van der Waals surface area contributed by atoms with Gasteiger partial charge in [-0.1, -0.05) is 32.6 Å². The average Bonchev–Trinajstić information content (AvgIpc) is 1.94. The SMILES string of the molecule is C[C@@H]1CCCC[C@@H]1CCN. The Hall–Kier alpha value is -0.0400. The Labute approximate surface area is 64.0 Å². The third kappa shape index (κ3) is 1.98. The lowest BCUT2D eigenvalue weighted by Crippen LogP contribution is -2.19. The highest BCUT2D eigenvalue weighted by Gasteiger charge is 2.19. The number of rotatable bonds is 2. The Balaban J connectivity index is 2.25. The minimum absolute atomic E-state index is 0.884. The first kappa shape index (κ1) is 8.06. The van der Waals surface area contributed by atoms with E-state index in [1.807, 2.05) is 0 Å². The molecule has 1 heteroatoms. The van der Waals surface area contributed by atoms with Crippen molar-refractivity contribution in [1.82, 2.24) is 0 Å². The molecule has 1 aliphatic rings. The summed E-state index contributed by atoms with van der Waals surface area (Å²) in [6.45, 7) is 3.26. The zero-order chi connectivity index (χ0) is 7.40.